The Bertz CT molecular complexity index is 442. The highest BCUT2D eigenvalue weighted by Crippen LogP contribution is 2.32. The van der Waals surface area contributed by atoms with Crippen molar-refractivity contribution in [1.82, 2.24) is 14.9 Å². The van der Waals surface area contributed by atoms with Crippen LogP contribution in [0.3, 0.4) is 0 Å². The van der Waals surface area contributed by atoms with Gasteiger partial charge in [-0.3, -0.25) is 0 Å². The van der Waals surface area contributed by atoms with Gasteiger partial charge in [0.05, 0.1) is 5.69 Å². The van der Waals surface area contributed by atoms with Gasteiger partial charge in [-0.05, 0) is 46.1 Å². The molecule has 0 aromatic carbocycles. The molecule has 1 N–H and O–H groups in total. The highest BCUT2D eigenvalue weighted by Gasteiger charge is 2.26. The van der Waals surface area contributed by atoms with Crippen LogP contribution in [0.25, 0.3) is 0 Å². The summed E-state index contributed by atoms with van der Waals surface area (Å²) < 4.78 is 2.49. The number of piperidine rings is 1. The Balaban J connectivity index is 1.84. The quantitative estimate of drug-likeness (QED) is 0.924. The largest absolute Gasteiger partial charge is 0.338 e. The molecule has 0 amide bonds. The zero-order valence-electron chi connectivity index (χ0n) is 13.6. The first-order chi connectivity index (χ1) is 10.3. The number of nitrogens with zero attached hydrogens (tertiary/aromatic N) is 3. The number of aryl methyl sites for hydroxylation is 1. The predicted molar refractivity (Wildman–Crippen MR) is 88.0 cm³/mol. The molecule has 1 aromatic rings. The Labute approximate surface area is 128 Å². The Hall–Kier alpha value is -1.03. The molecule has 1 saturated heterocycles. The smallest absolute Gasteiger partial charge is 0.206 e. The molecule has 0 spiro atoms. The van der Waals surface area contributed by atoms with Crippen LogP contribution in [0.4, 0.5) is 5.95 Å². The van der Waals surface area contributed by atoms with Gasteiger partial charge in [-0.15, -0.1) is 0 Å². The molecule has 1 atom stereocenters. The van der Waals surface area contributed by atoms with Crippen LogP contribution in [0.2, 0.25) is 0 Å². The summed E-state index contributed by atoms with van der Waals surface area (Å²) in [7, 11) is 0. The molecule has 1 aliphatic carbocycles. The van der Waals surface area contributed by atoms with Gasteiger partial charge in [-0.25, -0.2) is 4.98 Å². The lowest BCUT2D eigenvalue weighted by Crippen LogP contribution is -2.47. The molecule has 4 heteroatoms. The molecule has 0 radical (unpaired) electrons. The lowest BCUT2D eigenvalue weighted by molar-refractivity contribution is 0.347. The lowest BCUT2D eigenvalue weighted by Gasteiger charge is -2.36. The summed E-state index contributed by atoms with van der Waals surface area (Å²) in [5, 5.41) is 3.55. The molecule has 1 aromatic heterocycles. The van der Waals surface area contributed by atoms with Gasteiger partial charge in [0.15, 0.2) is 0 Å². The molecular weight excluding hydrogens is 260 g/mol. The summed E-state index contributed by atoms with van der Waals surface area (Å²) in [5.74, 6) is 1.22. The molecule has 1 saturated carbocycles. The van der Waals surface area contributed by atoms with Crippen molar-refractivity contribution in [2.24, 2.45) is 0 Å². The van der Waals surface area contributed by atoms with Gasteiger partial charge in [0.25, 0.3) is 0 Å². The molecule has 2 aliphatic rings. The Morgan fingerprint density at radius 3 is 2.71 bits per heavy atom. The second-order valence-electron chi connectivity index (χ2n) is 6.67. The molecule has 21 heavy (non-hydrogen) atoms. The van der Waals surface area contributed by atoms with Crippen molar-refractivity contribution in [3.8, 4) is 0 Å². The average Bonchev–Trinajstić information content (AvgIpc) is 2.92. The zero-order chi connectivity index (χ0) is 14.7. The highest BCUT2D eigenvalue weighted by atomic mass is 15.3. The van der Waals surface area contributed by atoms with E-state index in [1.807, 2.05) is 0 Å². The van der Waals surface area contributed by atoms with Crippen LogP contribution in [-0.2, 0) is 0 Å². The molecule has 1 aliphatic heterocycles. The van der Waals surface area contributed by atoms with Crippen molar-refractivity contribution in [2.45, 2.75) is 70.9 Å². The van der Waals surface area contributed by atoms with Crippen LogP contribution >= 0.6 is 0 Å². The Morgan fingerprint density at radius 2 is 2.05 bits per heavy atom. The molecular formula is C17H30N4. The Kier molecular flexibility index (Phi) is 4.84. The number of nitrogens with one attached hydrogen (secondary N) is 1. The second kappa shape index (κ2) is 6.82. The fourth-order valence-corrected chi connectivity index (χ4v) is 4.01. The van der Waals surface area contributed by atoms with E-state index in [0.29, 0.717) is 12.1 Å². The van der Waals surface area contributed by atoms with Crippen molar-refractivity contribution in [2.75, 3.05) is 24.5 Å². The molecule has 4 nitrogen and oxygen atoms in total. The first kappa shape index (κ1) is 14.9. The van der Waals surface area contributed by atoms with Gasteiger partial charge in [-0.2, -0.15) is 0 Å². The fraction of sp³-hybridized carbons (Fsp3) is 0.824. The van der Waals surface area contributed by atoms with Gasteiger partial charge in [-0.1, -0.05) is 19.3 Å². The van der Waals surface area contributed by atoms with E-state index in [1.165, 1.54) is 57.4 Å². The monoisotopic (exact) mass is 290 g/mol. The summed E-state index contributed by atoms with van der Waals surface area (Å²) in [6, 6.07) is 1.27. The topological polar surface area (TPSA) is 33.1 Å². The van der Waals surface area contributed by atoms with Crippen LogP contribution in [-0.4, -0.2) is 35.2 Å². The predicted octanol–water partition coefficient (Wildman–Crippen LogP) is 3.28. The number of rotatable bonds is 4. The Morgan fingerprint density at radius 1 is 1.24 bits per heavy atom. The first-order valence-electron chi connectivity index (χ1n) is 8.82. The van der Waals surface area contributed by atoms with E-state index in [0.717, 1.165) is 18.8 Å². The number of aromatic nitrogens is 2. The minimum atomic E-state index is 0.605. The van der Waals surface area contributed by atoms with Gasteiger partial charge in [0.1, 0.15) is 0 Å². The maximum Gasteiger partial charge on any atom is 0.206 e. The van der Waals surface area contributed by atoms with E-state index in [4.69, 9.17) is 4.98 Å². The number of hydrogen-bond acceptors (Lipinski definition) is 3. The van der Waals surface area contributed by atoms with Crippen LogP contribution in [0.5, 0.6) is 0 Å². The van der Waals surface area contributed by atoms with Crippen LogP contribution < -0.4 is 10.2 Å². The third-order valence-corrected chi connectivity index (χ3v) is 5.11. The average molecular weight is 290 g/mol. The molecule has 1 unspecified atom stereocenters. The van der Waals surface area contributed by atoms with E-state index >= 15 is 0 Å². The van der Waals surface area contributed by atoms with Crippen LogP contribution in [0, 0.1) is 6.92 Å². The number of anilines is 1. The molecule has 0 bridgehead atoms. The minimum Gasteiger partial charge on any atom is -0.338 e. The summed E-state index contributed by atoms with van der Waals surface area (Å²) >= 11 is 0. The minimum absolute atomic E-state index is 0.605. The SMILES string of the molecule is CCN(c1nc(C)cn1C1CCCCC1)C1CCCNC1. The van der Waals surface area contributed by atoms with Gasteiger partial charge in [0, 0.05) is 31.4 Å². The third kappa shape index (κ3) is 3.25. The maximum absolute atomic E-state index is 4.89. The standard InChI is InChI=1S/C17H30N4/c1-3-20(16-10-7-11-18-12-16)17-19-14(2)13-21(17)15-8-5-4-6-9-15/h13,15-16,18H,3-12H2,1-2H3. The van der Waals surface area contributed by atoms with E-state index in [2.05, 4.69) is 34.8 Å². The molecule has 118 valence electrons. The fourth-order valence-electron chi connectivity index (χ4n) is 4.01. The molecule has 2 fully saturated rings. The maximum atomic E-state index is 4.89. The number of hydrogen-bond donors (Lipinski definition) is 1. The second-order valence-corrected chi connectivity index (χ2v) is 6.67. The van der Waals surface area contributed by atoms with Crippen LogP contribution in [0.1, 0.15) is 63.6 Å². The van der Waals surface area contributed by atoms with E-state index < -0.39 is 0 Å². The van der Waals surface area contributed by atoms with Crippen molar-refractivity contribution in [3.63, 3.8) is 0 Å². The molecule has 2 heterocycles. The van der Waals surface area contributed by atoms with Crippen LogP contribution in [0.15, 0.2) is 6.20 Å². The third-order valence-electron chi connectivity index (χ3n) is 5.11. The summed E-state index contributed by atoms with van der Waals surface area (Å²) in [5.41, 5.74) is 1.16. The summed E-state index contributed by atoms with van der Waals surface area (Å²) in [6.45, 7) is 7.73. The summed E-state index contributed by atoms with van der Waals surface area (Å²) in [6.07, 6.45) is 11.7. The molecule has 3 rings (SSSR count). The van der Waals surface area contributed by atoms with E-state index in [9.17, 15) is 0 Å². The van der Waals surface area contributed by atoms with E-state index in [1.54, 1.807) is 0 Å². The van der Waals surface area contributed by atoms with Gasteiger partial charge >= 0.3 is 0 Å². The zero-order valence-corrected chi connectivity index (χ0v) is 13.6. The van der Waals surface area contributed by atoms with Gasteiger partial charge in [0.2, 0.25) is 5.95 Å². The van der Waals surface area contributed by atoms with Crippen molar-refractivity contribution in [1.29, 1.82) is 0 Å². The lowest BCUT2D eigenvalue weighted by atomic mass is 9.95. The van der Waals surface area contributed by atoms with Crippen molar-refractivity contribution < 1.29 is 0 Å². The van der Waals surface area contributed by atoms with Crippen molar-refractivity contribution in [3.05, 3.63) is 11.9 Å². The number of likely N-dealkylation sites (N-methyl/N-ethyl adjacent to an activating group) is 1. The number of imidazole rings is 1. The summed E-state index contributed by atoms with van der Waals surface area (Å²) in [4.78, 5) is 7.43. The van der Waals surface area contributed by atoms with E-state index in [-0.39, 0.29) is 0 Å². The highest BCUT2D eigenvalue weighted by molar-refractivity contribution is 5.36. The first-order valence-corrected chi connectivity index (χ1v) is 8.82. The van der Waals surface area contributed by atoms with Crippen molar-refractivity contribution >= 4 is 5.95 Å². The van der Waals surface area contributed by atoms with Gasteiger partial charge < -0.3 is 14.8 Å². The normalized spacial score (nSPS) is 24.2.